The van der Waals surface area contributed by atoms with Crippen molar-refractivity contribution in [2.45, 2.75) is 38.0 Å². The van der Waals surface area contributed by atoms with Gasteiger partial charge in [-0.15, -0.1) is 0 Å². The van der Waals surface area contributed by atoms with Gasteiger partial charge in [0.05, 0.1) is 0 Å². The van der Waals surface area contributed by atoms with Gasteiger partial charge in [-0.3, -0.25) is 9.59 Å². The fourth-order valence-electron chi connectivity index (χ4n) is 4.13. The number of hydrogen-bond donors (Lipinski definition) is 1. The Kier molecular flexibility index (Phi) is 4.75. The van der Waals surface area contributed by atoms with Gasteiger partial charge in [0.25, 0.3) is 0 Å². The van der Waals surface area contributed by atoms with Crippen molar-refractivity contribution in [3.8, 4) is 11.1 Å². The highest BCUT2D eigenvalue weighted by molar-refractivity contribution is 5.74. The van der Waals surface area contributed by atoms with Crippen molar-refractivity contribution >= 4 is 17.9 Å². The summed E-state index contributed by atoms with van der Waals surface area (Å²) in [5.74, 6) is 0.171. The zero-order valence-corrected chi connectivity index (χ0v) is 15.0. The summed E-state index contributed by atoms with van der Waals surface area (Å²) in [6.07, 6.45) is 8.89. The molecule has 138 valence electrons. The van der Waals surface area contributed by atoms with Gasteiger partial charge in [0.2, 0.25) is 0 Å². The fraction of sp³-hybridized carbons (Fsp3) is 0.318. The average molecular weight is 362 g/mol. The van der Waals surface area contributed by atoms with Crippen LogP contribution < -0.4 is 0 Å². The van der Waals surface area contributed by atoms with Crippen LogP contribution in [0.25, 0.3) is 16.8 Å². The molecule has 27 heavy (non-hydrogen) atoms. The van der Waals surface area contributed by atoms with E-state index in [4.69, 9.17) is 5.11 Å². The number of carbonyl (C=O) groups is 2. The molecule has 1 N–H and O–H groups in total. The van der Waals surface area contributed by atoms with Crippen LogP contribution in [0.15, 0.2) is 48.8 Å². The summed E-state index contributed by atoms with van der Waals surface area (Å²) in [5, 5.41) is 8.95. The summed E-state index contributed by atoms with van der Waals surface area (Å²) in [4.78, 5) is 26.0. The third-order valence-corrected chi connectivity index (χ3v) is 5.62. The Hall–Kier alpha value is -2.95. The smallest absolute Gasteiger partial charge is 0.303 e. The van der Waals surface area contributed by atoms with Crippen molar-refractivity contribution in [1.82, 2.24) is 9.38 Å². The first-order valence-corrected chi connectivity index (χ1v) is 9.38. The Balaban J connectivity index is 1.48. The maximum atomic E-state index is 10.9. The van der Waals surface area contributed by atoms with E-state index in [1.54, 1.807) is 6.20 Å². The number of carbonyl (C=O) groups excluding carboxylic acids is 1. The van der Waals surface area contributed by atoms with Crippen LogP contribution in [0.2, 0.25) is 0 Å². The van der Waals surface area contributed by atoms with Gasteiger partial charge in [0.15, 0.2) is 6.29 Å². The minimum atomic E-state index is -0.682. The molecule has 0 aliphatic heterocycles. The number of nitrogens with zero attached hydrogens (tertiary/aromatic N) is 2. The van der Waals surface area contributed by atoms with Crippen LogP contribution >= 0.6 is 0 Å². The third kappa shape index (κ3) is 3.77. The van der Waals surface area contributed by atoms with Crippen LogP contribution in [0.1, 0.15) is 54.1 Å². The van der Waals surface area contributed by atoms with Crippen molar-refractivity contribution in [3.63, 3.8) is 0 Å². The van der Waals surface area contributed by atoms with Crippen LogP contribution in [0, 0.1) is 5.92 Å². The Morgan fingerprint density at radius 3 is 2.41 bits per heavy atom. The van der Waals surface area contributed by atoms with Crippen molar-refractivity contribution in [3.05, 3.63) is 60.0 Å². The van der Waals surface area contributed by atoms with Gasteiger partial charge in [-0.1, -0.05) is 24.3 Å². The Morgan fingerprint density at radius 1 is 1.04 bits per heavy atom. The van der Waals surface area contributed by atoms with Gasteiger partial charge in [-0.05, 0) is 66.3 Å². The Bertz CT molecular complexity index is 967. The lowest BCUT2D eigenvalue weighted by atomic mass is 9.77. The first-order valence-electron chi connectivity index (χ1n) is 9.38. The van der Waals surface area contributed by atoms with E-state index < -0.39 is 5.97 Å². The molecule has 1 aromatic carbocycles. The molecule has 0 saturated heterocycles. The minimum absolute atomic E-state index is 0.300. The molecule has 5 nitrogen and oxygen atoms in total. The number of aromatic nitrogens is 2. The average Bonchev–Trinajstić information content (AvgIpc) is 3.11. The van der Waals surface area contributed by atoms with Crippen LogP contribution in [0.5, 0.6) is 0 Å². The molecular formula is C22H22N2O3. The number of carboxylic acids is 1. The van der Waals surface area contributed by atoms with Gasteiger partial charge in [-0.25, -0.2) is 4.98 Å². The van der Waals surface area contributed by atoms with Crippen LogP contribution in [-0.2, 0) is 4.79 Å². The second-order valence-corrected chi connectivity index (χ2v) is 7.40. The molecule has 2 heterocycles. The quantitative estimate of drug-likeness (QED) is 0.675. The molecule has 0 atom stereocenters. The van der Waals surface area contributed by atoms with E-state index in [1.807, 2.05) is 22.7 Å². The SMILES string of the molecule is O=Cc1cn2cc(-c3ccc(C4CCC(CC(=O)O)CC4)cc3)ccc2n1. The molecule has 0 spiro atoms. The van der Waals surface area contributed by atoms with Crippen molar-refractivity contribution in [2.24, 2.45) is 5.92 Å². The largest absolute Gasteiger partial charge is 0.481 e. The van der Waals surface area contributed by atoms with E-state index in [1.165, 1.54) is 5.56 Å². The number of imidazole rings is 1. The molecule has 1 aliphatic rings. The second kappa shape index (κ2) is 7.35. The topological polar surface area (TPSA) is 71.7 Å². The highest BCUT2D eigenvalue weighted by Crippen LogP contribution is 2.37. The molecule has 3 aromatic rings. The molecule has 1 aliphatic carbocycles. The summed E-state index contributed by atoms with van der Waals surface area (Å²) < 4.78 is 1.87. The molecule has 0 unspecified atom stereocenters. The van der Waals surface area contributed by atoms with Crippen molar-refractivity contribution < 1.29 is 14.7 Å². The van der Waals surface area contributed by atoms with Crippen LogP contribution in [-0.4, -0.2) is 26.7 Å². The Labute approximate surface area is 157 Å². The van der Waals surface area contributed by atoms with Gasteiger partial charge in [-0.2, -0.15) is 0 Å². The number of hydrogen-bond acceptors (Lipinski definition) is 3. The maximum Gasteiger partial charge on any atom is 0.303 e. The minimum Gasteiger partial charge on any atom is -0.481 e. The Morgan fingerprint density at radius 2 is 1.74 bits per heavy atom. The van der Waals surface area contributed by atoms with Crippen LogP contribution in [0.3, 0.4) is 0 Å². The van der Waals surface area contributed by atoms with E-state index in [9.17, 15) is 9.59 Å². The number of carboxylic acid groups (broad SMARTS) is 1. The van der Waals surface area contributed by atoms with E-state index in [-0.39, 0.29) is 0 Å². The lowest BCUT2D eigenvalue weighted by Crippen LogP contribution is -2.16. The van der Waals surface area contributed by atoms with E-state index >= 15 is 0 Å². The van der Waals surface area contributed by atoms with Crippen LogP contribution in [0.4, 0.5) is 0 Å². The molecule has 1 saturated carbocycles. The molecule has 2 aromatic heterocycles. The third-order valence-electron chi connectivity index (χ3n) is 5.62. The number of aliphatic carboxylic acids is 1. The summed E-state index contributed by atoms with van der Waals surface area (Å²) in [5.41, 5.74) is 4.73. The van der Waals surface area contributed by atoms with Gasteiger partial charge in [0, 0.05) is 18.8 Å². The van der Waals surface area contributed by atoms with Crippen molar-refractivity contribution in [1.29, 1.82) is 0 Å². The highest BCUT2D eigenvalue weighted by Gasteiger charge is 2.23. The van der Waals surface area contributed by atoms with Gasteiger partial charge in [0.1, 0.15) is 11.3 Å². The van der Waals surface area contributed by atoms with Gasteiger partial charge >= 0.3 is 5.97 Å². The van der Waals surface area contributed by atoms with E-state index in [2.05, 4.69) is 29.2 Å². The number of benzene rings is 1. The highest BCUT2D eigenvalue weighted by atomic mass is 16.4. The monoisotopic (exact) mass is 362 g/mol. The normalized spacial score (nSPS) is 19.9. The number of rotatable bonds is 5. The predicted molar refractivity (Wildman–Crippen MR) is 103 cm³/mol. The zero-order chi connectivity index (χ0) is 18.8. The standard InChI is InChI=1S/C22H22N2O3/c25-14-20-13-24-12-19(9-10-21(24)23-20)18-7-5-17(6-8-18)16-3-1-15(2-4-16)11-22(26)27/h5-10,12-16H,1-4,11H2,(H,26,27). The maximum absolute atomic E-state index is 10.9. The zero-order valence-electron chi connectivity index (χ0n) is 15.0. The number of fused-ring (bicyclic) bond motifs is 1. The summed E-state index contributed by atoms with van der Waals surface area (Å²) in [6.45, 7) is 0. The first kappa shape index (κ1) is 17.5. The molecule has 1 fully saturated rings. The molecule has 4 rings (SSSR count). The first-order chi connectivity index (χ1) is 13.1. The molecule has 0 bridgehead atoms. The fourth-order valence-corrected chi connectivity index (χ4v) is 4.13. The molecular weight excluding hydrogens is 340 g/mol. The number of pyridine rings is 1. The van der Waals surface area contributed by atoms with E-state index in [0.29, 0.717) is 24.0 Å². The molecule has 0 amide bonds. The van der Waals surface area contributed by atoms with Gasteiger partial charge < -0.3 is 9.51 Å². The molecule has 5 heteroatoms. The lowest BCUT2D eigenvalue weighted by molar-refractivity contribution is -0.138. The van der Waals surface area contributed by atoms with E-state index in [0.717, 1.165) is 48.7 Å². The summed E-state index contributed by atoms with van der Waals surface area (Å²) in [7, 11) is 0. The van der Waals surface area contributed by atoms with Crippen molar-refractivity contribution in [2.75, 3.05) is 0 Å². The summed E-state index contributed by atoms with van der Waals surface area (Å²) >= 11 is 0. The lowest BCUT2D eigenvalue weighted by Gasteiger charge is -2.28. The summed E-state index contributed by atoms with van der Waals surface area (Å²) in [6, 6.07) is 12.6. The second-order valence-electron chi connectivity index (χ2n) is 7.40. The molecule has 0 radical (unpaired) electrons. The number of aldehydes is 1. The predicted octanol–water partition coefficient (Wildman–Crippen LogP) is 4.56.